The Bertz CT molecular complexity index is 831. The van der Waals surface area contributed by atoms with Crippen LogP contribution in [-0.2, 0) is 9.53 Å². The molecule has 0 bridgehead atoms. The molecular formula is C20H18ClNO2S. The summed E-state index contributed by atoms with van der Waals surface area (Å²) in [7, 11) is 0. The minimum atomic E-state index is -0.450. The number of hydrogen-bond donors (Lipinski definition) is 0. The Morgan fingerprint density at radius 3 is 2.44 bits per heavy atom. The van der Waals surface area contributed by atoms with Crippen LogP contribution in [0.1, 0.15) is 17.7 Å². The van der Waals surface area contributed by atoms with E-state index < -0.39 is 5.25 Å². The summed E-state index contributed by atoms with van der Waals surface area (Å²) in [6.07, 6.45) is 3.97. The summed E-state index contributed by atoms with van der Waals surface area (Å²) in [5.74, 6) is -0.253. The van der Waals surface area contributed by atoms with Crippen molar-refractivity contribution in [2.75, 3.05) is 6.61 Å². The molecule has 0 aliphatic rings. The van der Waals surface area contributed by atoms with Crippen molar-refractivity contribution < 1.29 is 9.53 Å². The van der Waals surface area contributed by atoms with Crippen molar-refractivity contribution in [3.63, 3.8) is 0 Å². The Morgan fingerprint density at radius 1 is 1.08 bits per heavy atom. The fourth-order valence-electron chi connectivity index (χ4n) is 2.50. The minimum Gasteiger partial charge on any atom is -0.465 e. The molecule has 0 saturated carbocycles. The zero-order valence-corrected chi connectivity index (χ0v) is 15.3. The number of rotatable bonds is 6. The lowest BCUT2D eigenvalue weighted by molar-refractivity contribution is -0.142. The molecule has 1 heterocycles. The standard InChI is InChI=1S/C20H18ClNO2S/c1-2-24-20(23)19(15-9-11-16(21)12-10-15)25-18-8-4-3-7-17(18)22-13-5-6-14-22/h3-14,19H,2H2,1H3/t19-/m0/s1. The van der Waals surface area contributed by atoms with Gasteiger partial charge in [0.1, 0.15) is 5.25 Å². The highest BCUT2D eigenvalue weighted by atomic mass is 35.5. The van der Waals surface area contributed by atoms with Crippen molar-refractivity contribution in [3.8, 4) is 5.69 Å². The van der Waals surface area contributed by atoms with Gasteiger partial charge in [-0.1, -0.05) is 35.9 Å². The zero-order valence-electron chi connectivity index (χ0n) is 13.8. The van der Waals surface area contributed by atoms with E-state index in [1.807, 2.05) is 72.4 Å². The summed E-state index contributed by atoms with van der Waals surface area (Å²) in [6, 6.07) is 19.3. The maximum Gasteiger partial charge on any atom is 0.323 e. The van der Waals surface area contributed by atoms with Crippen molar-refractivity contribution >= 4 is 29.3 Å². The van der Waals surface area contributed by atoms with Gasteiger partial charge >= 0.3 is 5.97 Å². The van der Waals surface area contributed by atoms with E-state index in [1.54, 1.807) is 12.1 Å². The first-order valence-electron chi connectivity index (χ1n) is 8.00. The number of thioether (sulfide) groups is 1. The van der Waals surface area contributed by atoms with E-state index in [9.17, 15) is 4.79 Å². The van der Waals surface area contributed by atoms with Gasteiger partial charge in [-0.15, -0.1) is 11.8 Å². The lowest BCUT2D eigenvalue weighted by Crippen LogP contribution is -2.13. The van der Waals surface area contributed by atoms with Gasteiger partial charge in [-0.25, -0.2) is 0 Å². The first-order chi connectivity index (χ1) is 12.2. The fourth-order valence-corrected chi connectivity index (χ4v) is 3.79. The molecular weight excluding hydrogens is 354 g/mol. The van der Waals surface area contributed by atoms with Crippen LogP contribution in [0.15, 0.2) is 78.0 Å². The van der Waals surface area contributed by atoms with Crippen LogP contribution in [0.25, 0.3) is 5.69 Å². The number of aromatic nitrogens is 1. The highest BCUT2D eigenvalue weighted by molar-refractivity contribution is 8.00. The van der Waals surface area contributed by atoms with Gasteiger partial charge in [-0.05, 0) is 48.9 Å². The largest absolute Gasteiger partial charge is 0.465 e. The Balaban J connectivity index is 1.96. The van der Waals surface area contributed by atoms with Crippen LogP contribution in [0.3, 0.4) is 0 Å². The SMILES string of the molecule is CCOC(=O)[C@@H](Sc1ccccc1-n1cccc1)c1ccc(Cl)cc1. The number of nitrogens with zero attached hydrogens (tertiary/aromatic N) is 1. The number of carbonyl (C=O) groups excluding carboxylic acids is 1. The number of para-hydroxylation sites is 1. The smallest absolute Gasteiger partial charge is 0.323 e. The number of carbonyl (C=O) groups is 1. The molecule has 1 atom stereocenters. The lowest BCUT2D eigenvalue weighted by atomic mass is 10.1. The van der Waals surface area contributed by atoms with Gasteiger partial charge in [0.2, 0.25) is 0 Å². The molecule has 0 aliphatic heterocycles. The second-order valence-electron chi connectivity index (χ2n) is 5.36. The van der Waals surface area contributed by atoms with Crippen LogP contribution in [-0.4, -0.2) is 17.1 Å². The van der Waals surface area contributed by atoms with Gasteiger partial charge in [-0.3, -0.25) is 4.79 Å². The monoisotopic (exact) mass is 371 g/mol. The van der Waals surface area contributed by atoms with Crippen molar-refractivity contribution in [1.82, 2.24) is 4.57 Å². The first kappa shape index (κ1) is 17.6. The summed E-state index contributed by atoms with van der Waals surface area (Å²) < 4.78 is 7.33. The molecule has 0 saturated heterocycles. The lowest BCUT2D eigenvalue weighted by Gasteiger charge is -2.18. The summed E-state index contributed by atoms with van der Waals surface area (Å²) in [5, 5.41) is 0.193. The number of benzene rings is 2. The van der Waals surface area contributed by atoms with E-state index in [0.29, 0.717) is 11.6 Å². The van der Waals surface area contributed by atoms with E-state index in [1.165, 1.54) is 11.8 Å². The van der Waals surface area contributed by atoms with Crippen molar-refractivity contribution in [2.45, 2.75) is 17.1 Å². The zero-order chi connectivity index (χ0) is 17.6. The molecule has 0 N–H and O–H groups in total. The van der Waals surface area contributed by atoms with Gasteiger partial charge in [-0.2, -0.15) is 0 Å². The molecule has 25 heavy (non-hydrogen) atoms. The topological polar surface area (TPSA) is 31.2 Å². The predicted octanol–water partition coefficient (Wildman–Crippen LogP) is 5.53. The third kappa shape index (κ3) is 4.27. The number of esters is 1. The molecule has 3 rings (SSSR count). The van der Waals surface area contributed by atoms with Crippen LogP contribution < -0.4 is 0 Å². The molecule has 0 radical (unpaired) electrons. The van der Waals surface area contributed by atoms with Gasteiger partial charge in [0, 0.05) is 22.3 Å². The van der Waals surface area contributed by atoms with Crippen LogP contribution >= 0.6 is 23.4 Å². The molecule has 0 spiro atoms. The number of ether oxygens (including phenoxy) is 1. The van der Waals surface area contributed by atoms with Crippen molar-refractivity contribution in [3.05, 3.63) is 83.6 Å². The third-order valence-corrected chi connectivity index (χ3v) is 5.22. The van der Waals surface area contributed by atoms with Gasteiger partial charge < -0.3 is 9.30 Å². The normalized spacial score (nSPS) is 11.9. The molecule has 3 nitrogen and oxygen atoms in total. The predicted molar refractivity (Wildman–Crippen MR) is 102 cm³/mol. The first-order valence-corrected chi connectivity index (χ1v) is 9.26. The Labute approximate surface area is 156 Å². The molecule has 0 unspecified atom stereocenters. The molecule has 1 aromatic heterocycles. The van der Waals surface area contributed by atoms with Crippen LogP contribution in [0, 0.1) is 0 Å². The fraction of sp³-hybridized carbons (Fsp3) is 0.150. The molecule has 2 aromatic carbocycles. The highest BCUT2D eigenvalue weighted by Crippen LogP contribution is 2.39. The Kier molecular flexibility index (Phi) is 5.84. The van der Waals surface area contributed by atoms with E-state index in [-0.39, 0.29) is 5.97 Å². The molecule has 3 aromatic rings. The van der Waals surface area contributed by atoms with Gasteiger partial charge in [0.15, 0.2) is 0 Å². The summed E-state index contributed by atoms with van der Waals surface area (Å²) in [6.45, 7) is 2.16. The molecule has 0 aliphatic carbocycles. The summed E-state index contributed by atoms with van der Waals surface area (Å²) in [5.41, 5.74) is 1.90. The van der Waals surface area contributed by atoms with E-state index >= 15 is 0 Å². The van der Waals surface area contributed by atoms with Gasteiger partial charge in [0.25, 0.3) is 0 Å². The van der Waals surface area contributed by atoms with Crippen LogP contribution in [0.2, 0.25) is 5.02 Å². The van der Waals surface area contributed by atoms with E-state index in [0.717, 1.165) is 16.1 Å². The highest BCUT2D eigenvalue weighted by Gasteiger charge is 2.24. The third-order valence-electron chi connectivity index (χ3n) is 3.67. The molecule has 5 heteroatoms. The van der Waals surface area contributed by atoms with Gasteiger partial charge in [0.05, 0.1) is 12.3 Å². The Hall–Kier alpha value is -2.17. The average molecular weight is 372 g/mol. The number of halogens is 1. The second-order valence-corrected chi connectivity index (χ2v) is 6.94. The molecule has 128 valence electrons. The van der Waals surface area contributed by atoms with Crippen molar-refractivity contribution in [2.24, 2.45) is 0 Å². The Morgan fingerprint density at radius 2 is 1.76 bits per heavy atom. The second kappa shape index (κ2) is 8.28. The molecule has 0 fully saturated rings. The minimum absolute atomic E-state index is 0.253. The van der Waals surface area contributed by atoms with E-state index in [4.69, 9.17) is 16.3 Å². The molecule has 0 amide bonds. The van der Waals surface area contributed by atoms with Crippen LogP contribution in [0.5, 0.6) is 0 Å². The van der Waals surface area contributed by atoms with Crippen molar-refractivity contribution in [1.29, 1.82) is 0 Å². The summed E-state index contributed by atoms with van der Waals surface area (Å²) in [4.78, 5) is 13.6. The maximum atomic E-state index is 12.5. The average Bonchev–Trinajstić information content (AvgIpc) is 3.15. The summed E-state index contributed by atoms with van der Waals surface area (Å²) >= 11 is 7.47. The quantitative estimate of drug-likeness (QED) is 0.422. The van der Waals surface area contributed by atoms with E-state index in [2.05, 4.69) is 0 Å². The number of hydrogen-bond acceptors (Lipinski definition) is 3. The maximum absolute atomic E-state index is 12.5. The van der Waals surface area contributed by atoms with Crippen LogP contribution in [0.4, 0.5) is 0 Å².